The molecule has 0 saturated heterocycles. The summed E-state index contributed by atoms with van der Waals surface area (Å²) in [7, 11) is 1.79. The van der Waals surface area contributed by atoms with Crippen LogP contribution in [0.15, 0.2) is 58.9 Å². The van der Waals surface area contributed by atoms with E-state index in [2.05, 4.69) is 15.5 Å². The number of nitrogens with one attached hydrogen (secondary N) is 1. The number of anilines is 2. The monoisotopic (exact) mass is 404 g/mol. The molecule has 0 saturated carbocycles. The maximum atomic E-state index is 12.3. The lowest BCUT2D eigenvalue weighted by molar-refractivity contribution is -0.127. The van der Waals surface area contributed by atoms with Crippen molar-refractivity contribution in [3.8, 4) is 0 Å². The van der Waals surface area contributed by atoms with Crippen molar-refractivity contribution in [1.29, 1.82) is 0 Å². The summed E-state index contributed by atoms with van der Waals surface area (Å²) in [6, 6.07) is 17.3. The van der Waals surface area contributed by atoms with Crippen LogP contribution in [0.25, 0.3) is 0 Å². The van der Waals surface area contributed by atoms with E-state index in [1.54, 1.807) is 11.9 Å². The molecule has 26 heavy (non-hydrogen) atoms. The summed E-state index contributed by atoms with van der Waals surface area (Å²) >= 11 is 8.71. The van der Waals surface area contributed by atoms with E-state index in [9.17, 15) is 4.79 Å². The van der Waals surface area contributed by atoms with Crippen LogP contribution in [0.4, 0.5) is 10.8 Å². The second kappa shape index (κ2) is 9.02. The van der Waals surface area contributed by atoms with Crippen LogP contribution in [0.5, 0.6) is 0 Å². The van der Waals surface area contributed by atoms with Crippen molar-refractivity contribution in [2.45, 2.75) is 10.9 Å². The molecule has 1 amide bonds. The Kier molecular flexibility index (Phi) is 6.49. The summed E-state index contributed by atoms with van der Waals surface area (Å²) < 4.78 is 0.761. The number of nitrogens with zero attached hydrogens (tertiary/aromatic N) is 3. The first kappa shape index (κ1) is 18.7. The zero-order chi connectivity index (χ0) is 18.4. The molecule has 134 valence electrons. The second-order valence-electron chi connectivity index (χ2n) is 5.53. The maximum Gasteiger partial charge on any atom is 0.233 e. The fraction of sp³-hybridized carbons (Fsp3) is 0.167. The Morgan fingerprint density at radius 1 is 1.15 bits per heavy atom. The molecule has 3 aromatic rings. The molecule has 5 nitrogen and oxygen atoms in total. The van der Waals surface area contributed by atoms with Gasteiger partial charge in [0.25, 0.3) is 0 Å². The highest BCUT2D eigenvalue weighted by Crippen LogP contribution is 2.27. The Labute approximate surface area is 165 Å². The Bertz CT molecular complexity index is 855. The Morgan fingerprint density at radius 2 is 1.88 bits per heavy atom. The second-order valence-corrected chi connectivity index (χ2v) is 8.17. The van der Waals surface area contributed by atoms with Crippen molar-refractivity contribution >= 4 is 51.4 Å². The highest BCUT2D eigenvalue weighted by Gasteiger charge is 2.12. The molecule has 0 aliphatic rings. The van der Waals surface area contributed by atoms with Gasteiger partial charge in [0.1, 0.15) is 0 Å². The van der Waals surface area contributed by atoms with E-state index in [0.717, 1.165) is 15.6 Å². The number of amides is 1. The van der Waals surface area contributed by atoms with Gasteiger partial charge < -0.3 is 10.2 Å². The van der Waals surface area contributed by atoms with Gasteiger partial charge in [0, 0.05) is 24.3 Å². The van der Waals surface area contributed by atoms with E-state index in [0.29, 0.717) is 22.5 Å². The SMILES string of the molecule is CN(Cc1ccc(Cl)cc1)C(=O)CSc1nnc(Nc2ccccc2)s1. The van der Waals surface area contributed by atoms with Crippen LogP contribution in [0, 0.1) is 0 Å². The number of carbonyl (C=O) groups excluding carboxylic acids is 1. The van der Waals surface area contributed by atoms with Gasteiger partial charge in [-0.25, -0.2) is 0 Å². The third-order valence-corrected chi connectivity index (χ3v) is 5.72. The van der Waals surface area contributed by atoms with Gasteiger partial charge >= 0.3 is 0 Å². The van der Waals surface area contributed by atoms with Crippen LogP contribution in [-0.4, -0.2) is 33.8 Å². The number of benzene rings is 2. The van der Waals surface area contributed by atoms with Gasteiger partial charge in [-0.3, -0.25) is 4.79 Å². The summed E-state index contributed by atoms with van der Waals surface area (Å²) in [4.78, 5) is 14.0. The minimum Gasteiger partial charge on any atom is -0.341 e. The van der Waals surface area contributed by atoms with Gasteiger partial charge in [0.2, 0.25) is 11.0 Å². The fourth-order valence-corrected chi connectivity index (χ4v) is 3.99. The summed E-state index contributed by atoms with van der Waals surface area (Å²) in [5.74, 6) is 0.363. The predicted octanol–water partition coefficient (Wildman–Crippen LogP) is 4.69. The van der Waals surface area contributed by atoms with E-state index < -0.39 is 0 Å². The average Bonchev–Trinajstić information content (AvgIpc) is 3.09. The standard InChI is InChI=1S/C18H17ClN4OS2/c1-23(11-13-7-9-14(19)10-8-13)16(24)12-25-18-22-21-17(26-18)20-15-5-3-2-4-6-15/h2-10H,11-12H2,1H3,(H,20,21). The van der Waals surface area contributed by atoms with Crippen molar-refractivity contribution in [1.82, 2.24) is 15.1 Å². The Morgan fingerprint density at radius 3 is 2.62 bits per heavy atom. The molecule has 0 aliphatic carbocycles. The molecule has 0 atom stereocenters. The highest BCUT2D eigenvalue weighted by molar-refractivity contribution is 8.01. The van der Waals surface area contributed by atoms with E-state index in [1.165, 1.54) is 23.1 Å². The lowest BCUT2D eigenvalue weighted by Crippen LogP contribution is -2.27. The van der Waals surface area contributed by atoms with Crippen LogP contribution in [0.3, 0.4) is 0 Å². The third kappa shape index (κ3) is 5.45. The number of aromatic nitrogens is 2. The van der Waals surface area contributed by atoms with Crippen molar-refractivity contribution < 1.29 is 4.79 Å². The molecular weight excluding hydrogens is 388 g/mol. The number of rotatable bonds is 7. The summed E-state index contributed by atoms with van der Waals surface area (Å²) in [5, 5.41) is 12.8. The molecule has 8 heteroatoms. The first-order chi connectivity index (χ1) is 12.6. The van der Waals surface area contributed by atoms with Crippen molar-refractivity contribution in [3.63, 3.8) is 0 Å². The van der Waals surface area contributed by atoms with E-state index >= 15 is 0 Å². The van der Waals surface area contributed by atoms with E-state index in [-0.39, 0.29) is 5.91 Å². The smallest absolute Gasteiger partial charge is 0.233 e. The average molecular weight is 405 g/mol. The number of carbonyl (C=O) groups is 1. The molecule has 0 aliphatic heterocycles. The van der Waals surface area contributed by atoms with Gasteiger partial charge in [-0.2, -0.15) is 0 Å². The molecular formula is C18H17ClN4OS2. The van der Waals surface area contributed by atoms with Crippen LogP contribution < -0.4 is 5.32 Å². The fourth-order valence-electron chi connectivity index (χ4n) is 2.15. The molecule has 0 unspecified atom stereocenters. The molecule has 2 aromatic carbocycles. The normalized spacial score (nSPS) is 10.5. The van der Waals surface area contributed by atoms with Crippen LogP contribution in [0.1, 0.15) is 5.56 Å². The van der Waals surface area contributed by atoms with E-state index in [1.807, 2.05) is 54.6 Å². The van der Waals surface area contributed by atoms with Gasteiger partial charge in [-0.1, -0.05) is 65.0 Å². The number of hydrogen-bond donors (Lipinski definition) is 1. The molecule has 3 rings (SSSR count). The number of thioether (sulfide) groups is 1. The topological polar surface area (TPSA) is 58.1 Å². The van der Waals surface area contributed by atoms with Crippen molar-refractivity contribution in [3.05, 3.63) is 65.2 Å². The minimum atomic E-state index is 0.0396. The van der Waals surface area contributed by atoms with Crippen LogP contribution >= 0.6 is 34.7 Å². The molecule has 0 radical (unpaired) electrons. The van der Waals surface area contributed by atoms with Gasteiger partial charge in [0.15, 0.2) is 4.34 Å². The molecule has 1 aromatic heterocycles. The van der Waals surface area contributed by atoms with Crippen LogP contribution in [-0.2, 0) is 11.3 Å². The predicted molar refractivity (Wildman–Crippen MR) is 108 cm³/mol. The zero-order valence-electron chi connectivity index (χ0n) is 14.1. The first-order valence-corrected chi connectivity index (χ1v) is 10.0. The minimum absolute atomic E-state index is 0.0396. The molecule has 0 spiro atoms. The third-order valence-electron chi connectivity index (χ3n) is 3.51. The lowest BCUT2D eigenvalue weighted by atomic mass is 10.2. The highest BCUT2D eigenvalue weighted by atomic mass is 35.5. The van der Waals surface area contributed by atoms with Crippen molar-refractivity contribution in [2.75, 3.05) is 18.1 Å². The Balaban J connectivity index is 1.49. The number of halogens is 1. The maximum absolute atomic E-state index is 12.3. The summed E-state index contributed by atoms with van der Waals surface area (Å²) in [5.41, 5.74) is 2.00. The first-order valence-electron chi connectivity index (χ1n) is 7.87. The summed E-state index contributed by atoms with van der Waals surface area (Å²) in [6.45, 7) is 0.549. The largest absolute Gasteiger partial charge is 0.341 e. The van der Waals surface area contributed by atoms with Crippen LogP contribution in [0.2, 0.25) is 5.02 Å². The van der Waals surface area contributed by atoms with E-state index in [4.69, 9.17) is 11.6 Å². The van der Waals surface area contributed by atoms with Gasteiger partial charge in [0.05, 0.1) is 5.75 Å². The molecule has 0 fully saturated rings. The quantitative estimate of drug-likeness (QED) is 0.579. The lowest BCUT2D eigenvalue weighted by Gasteiger charge is -2.16. The zero-order valence-corrected chi connectivity index (χ0v) is 16.4. The summed E-state index contributed by atoms with van der Waals surface area (Å²) in [6.07, 6.45) is 0. The number of hydrogen-bond acceptors (Lipinski definition) is 6. The van der Waals surface area contributed by atoms with Crippen molar-refractivity contribution in [2.24, 2.45) is 0 Å². The Hall–Kier alpha value is -2.09. The number of para-hydroxylation sites is 1. The molecule has 0 bridgehead atoms. The van der Waals surface area contributed by atoms with Gasteiger partial charge in [-0.05, 0) is 29.8 Å². The molecule has 1 heterocycles. The molecule has 1 N–H and O–H groups in total. The van der Waals surface area contributed by atoms with Gasteiger partial charge in [-0.15, -0.1) is 10.2 Å².